The maximum absolute atomic E-state index is 4.67. The van der Waals surface area contributed by atoms with Crippen molar-refractivity contribution >= 4 is 21.4 Å². The Balaban J connectivity index is 1.77. The molecule has 0 radical (unpaired) electrons. The van der Waals surface area contributed by atoms with Gasteiger partial charge in [-0.2, -0.15) is 0 Å². The van der Waals surface area contributed by atoms with Crippen LogP contribution in [-0.4, -0.2) is 20.6 Å². The number of aromatic nitrogens is 3. The van der Waals surface area contributed by atoms with Crippen molar-refractivity contribution < 1.29 is 0 Å². The van der Waals surface area contributed by atoms with E-state index in [0.717, 1.165) is 21.7 Å². The van der Waals surface area contributed by atoms with Gasteiger partial charge < -0.3 is 5.32 Å². The molecule has 1 aliphatic carbocycles. The largest absolute Gasteiger partial charge is 0.357 e. The molecule has 0 spiro atoms. The molecule has 1 fully saturated rings. The lowest BCUT2D eigenvalue weighted by Crippen LogP contribution is -2.30. The Kier molecular flexibility index (Phi) is 3.04. The van der Waals surface area contributed by atoms with Crippen LogP contribution in [0.25, 0.3) is 4.96 Å². The van der Waals surface area contributed by atoms with Gasteiger partial charge in [-0.05, 0) is 25.7 Å². The van der Waals surface area contributed by atoms with Gasteiger partial charge in [0.1, 0.15) is 0 Å². The molecule has 1 unspecified atom stereocenters. The second kappa shape index (κ2) is 4.47. The van der Waals surface area contributed by atoms with Crippen molar-refractivity contribution in [3.63, 3.8) is 0 Å². The van der Waals surface area contributed by atoms with E-state index in [2.05, 4.69) is 43.1 Å². The van der Waals surface area contributed by atoms with Gasteiger partial charge in [0.25, 0.3) is 0 Å². The highest BCUT2D eigenvalue weighted by molar-refractivity contribution is 7.20. The molecule has 2 heterocycles. The molecule has 0 aliphatic heterocycles. The number of hydrogen-bond acceptors (Lipinski definition) is 4. The monoisotopic (exact) mass is 278 g/mol. The van der Waals surface area contributed by atoms with E-state index < -0.39 is 0 Å². The molecule has 4 nitrogen and oxygen atoms in total. The zero-order valence-corrected chi connectivity index (χ0v) is 12.9. The van der Waals surface area contributed by atoms with Gasteiger partial charge in [0, 0.05) is 11.5 Å². The Hall–Kier alpha value is -1.10. The summed E-state index contributed by atoms with van der Waals surface area (Å²) < 4.78 is 1.90. The van der Waals surface area contributed by atoms with Crippen LogP contribution >= 0.6 is 11.3 Å². The second-order valence-electron chi connectivity index (χ2n) is 6.63. The number of fused-ring (bicyclic) bond motifs is 1. The molecule has 0 amide bonds. The normalized spacial score (nSPS) is 18.5. The van der Waals surface area contributed by atoms with Crippen LogP contribution in [0.15, 0.2) is 6.20 Å². The lowest BCUT2D eigenvalue weighted by Gasteiger charge is -2.31. The number of hydrogen-bond donors (Lipinski definition) is 1. The van der Waals surface area contributed by atoms with Crippen molar-refractivity contribution in [3.8, 4) is 0 Å². The average Bonchev–Trinajstić information content (AvgIpc) is 2.69. The minimum Gasteiger partial charge on any atom is -0.357 e. The van der Waals surface area contributed by atoms with Gasteiger partial charge in [0.15, 0.2) is 0 Å². The molecule has 2 aromatic heterocycles. The number of nitrogens with zero attached hydrogens (tertiary/aromatic N) is 3. The zero-order valence-electron chi connectivity index (χ0n) is 12.1. The quantitative estimate of drug-likeness (QED) is 0.931. The molecule has 0 saturated heterocycles. The highest BCUT2D eigenvalue weighted by Crippen LogP contribution is 2.32. The Morgan fingerprint density at radius 3 is 2.68 bits per heavy atom. The third kappa shape index (κ3) is 2.48. The topological polar surface area (TPSA) is 42.2 Å². The summed E-state index contributed by atoms with van der Waals surface area (Å²) in [6, 6.07) is 0.520. The van der Waals surface area contributed by atoms with E-state index in [-0.39, 0.29) is 5.41 Å². The van der Waals surface area contributed by atoms with Gasteiger partial charge >= 0.3 is 0 Å². The fourth-order valence-electron chi connectivity index (χ4n) is 2.37. The van der Waals surface area contributed by atoms with Gasteiger partial charge in [-0.3, -0.25) is 0 Å². The molecule has 3 rings (SSSR count). The predicted molar refractivity (Wildman–Crippen MR) is 80.0 cm³/mol. The molecule has 0 aromatic carbocycles. The Morgan fingerprint density at radius 1 is 1.42 bits per heavy atom. The van der Waals surface area contributed by atoms with E-state index in [0.29, 0.717) is 6.04 Å². The van der Waals surface area contributed by atoms with Crippen molar-refractivity contribution in [1.29, 1.82) is 0 Å². The predicted octanol–water partition coefficient (Wildman–Crippen LogP) is 3.69. The molecule has 1 N–H and O–H groups in total. The lowest BCUT2D eigenvalue weighted by atomic mass is 9.80. The van der Waals surface area contributed by atoms with Crippen LogP contribution in [0, 0.1) is 5.92 Å². The van der Waals surface area contributed by atoms with Gasteiger partial charge in [0.05, 0.1) is 11.9 Å². The summed E-state index contributed by atoms with van der Waals surface area (Å²) in [7, 11) is 0. The highest BCUT2D eigenvalue weighted by Gasteiger charge is 2.25. The van der Waals surface area contributed by atoms with Crippen LogP contribution in [0.1, 0.15) is 52.7 Å². The third-order valence-electron chi connectivity index (χ3n) is 4.02. The van der Waals surface area contributed by atoms with Crippen LogP contribution in [0.5, 0.6) is 0 Å². The van der Waals surface area contributed by atoms with E-state index in [1.54, 1.807) is 11.3 Å². The van der Waals surface area contributed by atoms with E-state index in [9.17, 15) is 0 Å². The van der Waals surface area contributed by atoms with Crippen LogP contribution in [0.4, 0.5) is 5.13 Å². The fraction of sp³-hybridized carbons (Fsp3) is 0.714. The first-order chi connectivity index (χ1) is 8.93. The first-order valence-electron chi connectivity index (χ1n) is 7.07. The molecule has 1 aliphatic rings. The molecular formula is C14H22N4S. The van der Waals surface area contributed by atoms with Gasteiger partial charge in [0.2, 0.25) is 10.1 Å². The SMILES string of the molecule is CC(Nc1nn2cc(C(C)(C)C)nc2s1)C1CCC1. The zero-order chi connectivity index (χ0) is 13.6. The highest BCUT2D eigenvalue weighted by atomic mass is 32.1. The molecule has 1 atom stereocenters. The molecule has 5 heteroatoms. The van der Waals surface area contributed by atoms with E-state index in [1.165, 1.54) is 19.3 Å². The molecule has 19 heavy (non-hydrogen) atoms. The minimum atomic E-state index is 0.0836. The molecule has 0 bridgehead atoms. The Labute approximate surface area is 118 Å². The van der Waals surface area contributed by atoms with Crippen molar-refractivity contribution in [2.45, 2.75) is 58.4 Å². The van der Waals surface area contributed by atoms with Gasteiger partial charge in [-0.1, -0.05) is 38.5 Å². The summed E-state index contributed by atoms with van der Waals surface area (Å²) in [5.74, 6) is 0.821. The summed E-state index contributed by atoms with van der Waals surface area (Å²) in [5.41, 5.74) is 1.19. The van der Waals surface area contributed by atoms with E-state index in [4.69, 9.17) is 0 Å². The maximum atomic E-state index is 4.67. The summed E-state index contributed by atoms with van der Waals surface area (Å²) in [5, 5.41) is 9.10. The van der Waals surface area contributed by atoms with Crippen molar-refractivity contribution in [2.24, 2.45) is 5.92 Å². The van der Waals surface area contributed by atoms with Gasteiger partial charge in [-0.25, -0.2) is 9.50 Å². The van der Waals surface area contributed by atoms with Crippen LogP contribution in [0.2, 0.25) is 0 Å². The molecule has 104 valence electrons. The number of anilines is 1. The standard InChI is InChI=1S/C14H22N4S/c1-9(10-6-5-7-10)15-12-17-18-8-11(14(2,3)4)16-13(18)19-12/h8-10H,5-7H2,1-4H3,(H,15,17). The van der Waals surface area contributed by atoms with E-state index >= 15 is 0 Å². The van der Waals surface area contributed by atoms with Crippen molar-refractivity contribution in [3.05, 3.63) is 11.9 Å². The average molecular weight is 278 g/mol. The van der Waals surface area contributed by atoms with Gasteiger partial charge in [-0.15, -0.1) is 5.10 Å². The first kappa shape index (κ1) is 12.9. The number of rotatable bonds is 3. The summed E-state index contributed by atoms with van der Waals surface area (Å²) >= 11 is 1.64. The van der Waals surface area contributed by atoms with Crippen LogP contribution in [-0.2, 0) is 5.41 Å². The maximum Gasteiger partial charge on any atom is 0.214 e. The summed E-state index contributed by atoms with van der Waals surface area (Å²) in [4.78, 5) is 5.65. The summed E-state index contributed by atoms with van der Waals surface area (Å²) in [6.07, 6.45) is 6.13. The van der Waals surface area contributed by atoms with Crippen LogP contribution < -0.4 is 5.32 Å². The van der Waals surface area contributed by atoms with Crippen molar-refractivity contribution in [2.75, 3.05) is 5.32 Å². The Bertz CT molecular complexity index is 542. The van der Waals surface area contributed by atoms with Crippen molar-refractivity contribution in [1.82, 2.24) is 14.6 Å². The number of imidazole rings is 1. The van der Waals surface area contributed by atoms with E-state index in [1.807, 2.05) is 10.7 Å². The smallest absolute Gasteiger partial charge is 0.214 e. The molecular weight excluding hydrogens is 256 g/mol. The summed E-state index contributed by atoms with van der Waals surface area (Å²) in [6.45, 7) is 8.79. The lowest BCUT2D eigenvalue weighted by molar-refractivity contribution is 0.285. The fourth-order valence-corrected chi connectivity index (χ4v) is 3.25. The Morgan fingerprint density at radius 2 is 2.16 bits per heavy atom. The first-order valence-corrected chi connectivity index (χ1v) is 7.88. The third-order valence-corrected chi connectivity index (χ3v) is 4.87. The second-order valence-corrected chi connectivity index (χ2v) is 7.59. The van der Waals surface area contributed by atoms with Crippen LogP contribution in [0.3, 0.4) is 0 Å². The minimum absolute atomic E-state index is 0.0836. The molecule has 1 saturated carbocycles. The molecule has 2 aromatic rings. The number of nitrogens with one attached hydrogen (secondary N) is 1.